The van der Waals surface area contributed by atoms with Crippen molar-refractivity contribution >= 4 is 15.9 Å². The molecule has 0 heterocycles. The normalized spacial score (nSPS) is 12.4. The number of hydrogen-bond acceptors (Lipinski definition) is 4. The molecule has 0 spiro atoms. The fraction of sp³-hybridized carbons (Fsp3) is 0.350. The summed E-state index contributed by atoms with van der Waals surface area (Å²) in [6.07, 6.45) is 0. The highest BCUT2D eigenvalue weighted by Crippen LogP contribution is 2.16. The number of methoxy groups -OCH3 is 1. The Morgan fingerprint density at radius 1 is 1.15 bits per heavy atom. The van der Waals surface area contributed by atoms with Crippen LogP contribution in [0.2, 0.25) is 0 Å². The first-order valence-electron chi connectivity index (χ1n) is 8.78. The van der Waals surface area contributed by atoms with E-state index in [1.54, 1.807) is 24.0 Å². The molecule has 0 saturated carbocycles. The van der Waals surface area contributed by atoms with Crippen LogP contribution >= 0.6 is 0 Å². The quantitative estimate of drug-likeness (QED) is 0.752. The van der Waals surface area contributed by atoms with E-state index < -0.39 is 16.1 Å². The van der Waals surface area contributed by atoms with Crippen LogP contribution in [0.5, 0.6) is 5.75 Å². The molecule has 1 amide bonds. The van der Waals surface area contributed by atoms with Crippen LogP contribution in [0.4, 0.5) is 0 Å². The molecule has 1 N–H and O–H groups in total. The van der Waals surface area contributed by atoms with Crippen molar-refractivity contribution in [3.63, 3.8) is 0 Å². The Bertz CT molecular complexity index is 879. The second-order valence-corrected chi connectivity index (χ2v) is 8.01. The van der Waals surface area contributed by atoms with Gasteiger partial charge in [-0.2, -0.15) is 4.72 Å². The number of carbonyl (C=O) groups excluding carboxylic acids is 1. The molecule has 146 valence electrons. The van der Waals surface area contributed by atoms with Gasteiger partial charge in [-0.3, -0.25) is 4.79 Å². The van der Waals surface area contributed by atoms with Crippen LogP contribution in [0.1, 0.15) is 25.0 Å². The zero-order valence-corrected chi connectivity index (χ0v) is 16.9. The summed E-state index contributed by atoms with van der Waals surface area (Å²) in [5.74, 6) is 0.298. The average Bonchev–Trinajstić information content (AvgIpc) is 2.66. The van der Waals surface area contributed by atoms with Crippen molar-refractivity contribution in [3.8, 4) is 5.75 Å². The van der Waals surface area contributed by atoms with E-state index in [2.05, 4.69) is 4.72 Å². The molecule has 0 bridgehead atoms. The molecule has 0 unspecified atom stereocenters. The second-order valence-electron chi connectivity index (χ2n) is 6.30. The summed E-state index contributed by atoms with van der Waals surface area (Å²) in [4.78, 5) is 14.5. The number of benzene rings is 2. The SMILES string of the molecule is CCN(Cc1ccccc1C)C(=O)[C@H](C)NS(=O)(=O)c1ccc(OC)cc1. The van der Waals surface area contributed by atoms with Crippen LogP contribution in [0.3, 0.4) is 0 Å². The van der Waals surface area contributed by atoms with E-state index in [9.17, 15) is 13.2 Å². The van der Waals surface area contributed by atoms with E-state index in [4.69, 9.17) is 4.74 Å². The summed E-state index contributed by atoms with van der Waals surface area (Å²) in [6.45, 7) is 6.35. The number of amides is 1. The van der Waals surface area contributed by atoms with Gasteiger partial charge in [0, 0.05) is 13.1 Å². The summed E-state index contributed by atoms with van der Waals surface area (Å²) in [7, 11) is -2.30. The van der Waals surface area contributed by atoms with Crippen molar-refractivity contribution in [2.24, 2.45) is 0 Å². The molecule has 0 aliphatic carbocycles. The Labute approximate surface area is 161 Å². The first kappa shape index (κ1) is 20.9. The number of sulfonamides is 1. The van der Waals surface area contributed by atoms with E-state index in [1.165, 1.54) is 19.2 Å². The van der Waals surface area contributed by atoms with Gasteiger partial charge in [-0.05, 0) is 56.2 Å². The molecule has 0 radical (unpaired) electrons. The Hall–Kier alpha value is -2.38. The minimum atomic E-state index is -3.81. The molecular formula is C20H26N2O4S. The first-order valence-corrected chi connectivity index (χ1v) is 10.3. The smallest absolute Gasteiger partial charge is 0.241 e. The largest absolute Gasteiger partial charge is 0.497 e. The molecule has 2 rings (SSSR count). The highest BCUT2D eigenvalue weighted by molar-refractivity contribution is 7.89. The number of likely N-dealkylation sites (N-methyl/N-ethyl adjacent to an activating group) is 1. The molecule has 0 aliphatic rings. The minimum absolute atomic E-state index is 0.0879. The number of hydrogen-bond donors (Lipinski definition) is 1. The van der Waals surface area contributed by atoms with Crippen molar-refractivity contribution in [1.29, 1.82) is 0 Å². The summed E-state index contributed by atoms with van der Waals surface area (Å²) in [5, 5.41) is 0. The molecule has 0 aliphatic heterocycles. The Morgan fingerprint density at radius 2 is 1.78 bits per heavy atom. The van der Waals surface area contributed by atoms with Crippen molar-refractivity contribution < 1.29 is 17.9 Å². The molecule has 2 aromatic rings. The topological polar surface area (TPSA) is 75.7 Å². The van der Waals surface area contributed by atoms with Crippen LogP contribution in [0.25, 0.3) is 0 Å². The highest BCUT2D eigenvalue weighted by atomic mass is 32.2. The number of rotatable bonds is 8. The molecule has 1 atom stereocenters. The monoisotopic (exact) mass is 390 g/mol. The van der Waals surface area contributed by atoms with Gasteiger partial charge in [0.25, 0.3) is 0 Å². The third kappa shape index (κ3) is 5.30. The van der Waals surface area contributed by atoms with Gasteiger partial charge in [0.15, 0.2) is 0 Å². The standard InChI is InChI=1S/C20H26N2O4S/c1-5-22(14-17-9-7-6-8-15(17)2)20(23)16(3)21-27(24,25)19-12-10-18(26-4)11-13-19/h6-13,16,21H,5,14H2,1-4H3/t16-/m0/s1. The lowest BCUT2D eigenvalue weighted by atomic mass is 10.1. The number of carbonyl (C=O) groups is 1. The Kier molecular flexibility index (Phi) is 6.98. The van der Waals surface area contributed by atoms with Gasteiger partial charge < -0.3 is 9.64 Å². The van der Waals surface area contributed by atoms with E-state index in [0.29, 0.717) is 18.8 Å². The van der Waals surface area contributed by atoms with E-state index in [-0.39, 0.29) is 10.8 Å². The maximum Gasteiger partial charge on any atom is 0.241 e. The van der Waals surface area contributed by atoms with Gasteiger partial charge in [0.2, 0.25) is 15.9 Å². The maximum absolute atomic E-state index is 12.8. The lowest BCUT2D eigenvalue weighted by molar-refractivity contribution is -0.133. The zero-order valence-electron chi connectivity index (χ0n) is 16.1. The third-order valence-electron chi connectivity index (χ3n) is 4.39. The minimum Gasteiger partial charge on any atom is -0.497 e. The third-order valence-corrected chi connectivity index (χ3v) is 5.94. The molecule has 0 aromatic heterocycles. The molecule has 6 nitrogen and oxygen atoms in total. The van der Waals surface area contributed by atoms with Crippen molar-refractivity contribution in [2.75, 3.05) is 13.7 Å². The number of nitrogens with one attached hydrogen (secondary N) is 1. The van der Waals surface area contributed by atoms with Crippen LogP contribution in [0, 0.1) is 6.92 Å². The van der Waals surface area contributed by atoms with Crippen LogP contribution in [-0.4, -0.2) is 38.9 Å². The van der Waals surface area contributed by atoms with Gasteiger partial charge in [-0.1, -0.05) is 24.3 Å². The summed E-state index contributed by atoms with van der Waals surface area (Å²) < 4.78 is 32.6. The molecule has 7 heteroatoms. The Balaban J connectivity index is 2.11. The molecule has 27 heavy (non-hydrogen) atoms. The maximum atomic E-state index is 12.8. The summed E-state index contributed by atoms with van der Waals surface area (Å²) in [5.41, 5.74) is 2.13. The highest BCUT2D eigenvalue weighted by Gasteiger charge is 2.25. The van der Waals surface area contributed by atoms with E-state index in [1.807, 2.05) is 38.1 Å². The molecule has 0 saturated heterocycles. The lowest BCUT2D eigenvalue weighted by Crippen LogP contribution is -2.46. The van der Waals surface area contributed by atoms with Crippen molar-refractivity contribution in [2.45, 2.75) is 38.3 Å². The second kappa shape index (κ2) is 9.01. The molecule has 2 aromatic carbocycles. The van der Waals surface area contributed by atoms with Crippen LogP contribution < -0.4 is 9.46 Å². The lowest BCUT2D eigenvalue weighted by Gasteiger charge is -2.25. The molecular weight excluding hydrogens is 364 g/mol. The van der Waals surface area contributed by atoms with E-state index >= 15 is 0 Å². The fourth-order valence-electron chi connectivity index (χ4n) is 2.72. The van der Waals surface area contributed by atoms with Crippen LogP contribution in [-0.2, 0) is 21.4 Å². The van der Waals surface area contributed by atoms with Gasteiger partial charge >= 0.3 is 0 Å². The van der Waals surface area contributed by atoms with Crippen LogP contribution in [0.15, 0.2) is 53.4 Å². The molecule has 0 fully saturated rings. The van der Waals surface area contributed by atoms with Gasteiger partial charge in [-0.15, -0.1) is 0 Å². The Morgan fingerprint density at radius 3 is 2.33 bits per heavy atom. The fourth-order valence-corrected chi connectivity index (χ4v) is 3.92. The van der Waals surface area contributed by atoms with Gasteiger partial charge in [0.1, 0.15) is 5.75 Å². The average molecular weight is 391 g/mol. The van der Waals surface area contributed by atoms with Gasteiger partial charge in [0.05, 0.1) is 18.0 Å². The predicted octanol–water partition coefficient (Wildman–Crippen LogP) is 2.72. The predicted molar refractivity (Wildman–Crippen MR) is 105 cm³/mol. The van der Waals surface area contributed by atoms with E-state index in [0.717, 1.165) is 11.1 Å². The number of ether oxygens (including phenoxy) is 1. The van der Waals surface area contributed by atoms with Crippen molar-refractivity contribution in [3.05, 3.63) is 59.7 Å². The van der Waals surface area contributed by atoms with Crippen molar-refractivity contribution in [1.82, 2.24) is 9.62 Å². The summed E-state index contributed by atoms with van der Waals surface area (Å²) >= 11 is 0. The van der Waals surface area contributed by atoms with Gasteiger partial charge in [-0.25, -0.2) is 8.42 Å². The number of aryl methyl sites for hydroxylation is 1. The number of nitrogens with zero attached hydrogens (tertiary/aromatic N) is 1. The summed E-state index contributed by atoms with van der Waals surface area (Å²) in [6, 6.07) is 13.0. The first-order chi connectivity index (χ1) is 12.8. The zero-order chi connectivity index (χ0) is 20.0.